The SMILES string of the molecule is NNC(c1ccc(F)c(F)c1)c1ncc(Br)cc1Br. The van der Waals surface area contributed by atoms with E-state index in [2.05, 4.69) is 42.3 Å². The van der Waals surface area contributed by atoms with Crippen molar-refractivity contribution in [1.29, 1.82) is 0 Å². The molecule has 0 aliphatic heterocycles. The number of nitrogens with two attached hydrogens (primary N) is 1. The minimum atomic E-state index is -0.925. The molecule has 1 atom stereocenters. The van der Waals surface area contributed by atoms with Crippen molar-refractivity contribution in [3.63, 3.8) is 0 Å². The zero-order valence-electron chi connectivity index (χ0n) is 9.50. The van der Waals surface area contributed by atoms with Crippen LogP contribution >= 0.6 is 31.9 Å². The number of hydrazine groups is 1. The smallest absolute Gasteiger partial charge is 0.159 e. The molecule has 0 aliphatic rings. The first-order chi connectivity index (χ1) is 9.02. The van der Waals surface area contributed by atoms with Crippen LogP contribution < -0.4 is 11.3 Å². The number of hydrogen-bond donors (Lipinski definition) is 2. The van der Waals surface area contributed by atoms with Crippen molar-refractivity contribution in [3.05, 3.63) is 62.3 Å². The van der Waals surface area contributed by atoms with Crippen molar-refractivity contribution < 1.29 is 8.78 Å². The van der Waals surface area contributed by atoms with E-state index in [1.54, 1.807) is 12.3 Å². The van der Waals surface area contributed by atoms with Gasteiger partial charge in [0.1, 0.15) is 0 Å². The Bertz CT molecular complexity index is 608. The van der Waals surface area contributed by atoms with Crippen LogP contribution in [0.5, 0.6) is 0 Å². The topological polar surface area (TPSA) is 50.9 Å². The van der Waals surface area contributed by atoms with Gasteiger partial charge in [-0.05, 0) is 55.6 Å². The molecule has 100 valence electrons. The second kappa shape index (κ2) is 6.04. The van der Waals surface area contributed by atoms with Crippen LogP contribution in [-0.2, 0) is 0 Å². The van der Waals surface area contributed by atoms with E-state index in [-0.39, 0.29) is 0 Å². The zero-order valence-corrected chi connectivity index (χ0v) is 12.7. The van der Waals surface area contributed by atoms with Gasteiger partial charge in [-0.2, -0.15) is 0 Å². The van der Waals surface area contributed by atoms with Crippen molar-refractivity contribution in [2.24, 2.45) is 5.84 Å². The molecule has 0 radical (unpaired) electrons. The highest BCUT2D eigenvalue weighted by atomic mass is 79.9. The van der Waals surface area contributed by atoms with Gasteiger partial charge in [-0.15, -0.1) is 0 Å². The molecule has 0 aliphatic carbocycles. The zero-order chi connectivity index (χ0) is 14.0. The lowest BCUT2D eigenvalue weighted by Gasteiger charge is -2.17. The summed E-state index contributed by atoms with van der Waals surface area (Å²) in [7, 11) is 0. The van der Waals surface area contributed by atoms with Crippen molar-refractivity contribution in [2.75, 3.05) is 0 Å². The average Bonchev–Trinajstić information content (AvgIpc) is 2.37. The molecule has 0 bridgehead atoms. The maximum Gasteiger partial charge on any atom is 0.159 e. The van der Waals surface area contributed by atoms with Crippen molar-refractivity contribution in [2.45, 2.75) is 6.04 Å². The molecule has 1 unspecified atom stereocenters. The lowest BCUT2D eigenvalue weighted by Crippen LogP contribution is -2.30. The number of pyridine rings is 1. The average molecular weight is 393 g/mol. The molecule has 2 aromatic rings. The summed E-state index contributed by atoms with van der Waals surface area (Å²) in [6.07, 6.45) is 1.60. The fourth-order valence-electron chi connectivity index (χ4n) is 1.66. The highest BCUT2D eigenvalue weighted by molar-refractivity contribution is 9.11. The van der Waals surface area contributed by atoms with Crippen LogP contribution in [0.15, 0.2) is 39.4 Å². The van der Waals surface area contributed by atoms with Gasteiger partial charge < -0.3 is 0 Å². The summed E-state index contributed by atoms with van der Waals surface area (Å²) in [6, 6.07) is 4.86. The lowest BCUT2D eigenvalue weighted by molar-refractivity contribution is 0.503. The largest absolute Gasteiger partial charge is 0.271 e. The van der Waals surface area contributed by atoms with Gasteiger partial charge in [-0.1, -0.05) is 6.07 Å². The highest BCUT2D eigenvalue weighted by Gasteiger charge is 2.18. The minimum absolute atomic E-state index is 0.483. The summed E-state index contributed by atoms with van der Waals surface area (Å²) in [6.45, 7) is 0. The number of halogens is 4. The Morgan fingerprint density at radius 3 is 2.47 bits per heavy atom. The molecule has 2 rings (SSSR count). The molecule has 19 heavy (non-hydrogen) atoms. The highest BCUT2D eigenvalue weighted by Crippen LogP contribution is 2.29. The van der Waals surface area contributed by atoms with Gasteiger partial charge in [0.15, 0.2) is 11.6 Å². The van der Waals surface area contributed by atoms with Crippen LogP contribution in [0.25, 0.3) is 0 Å². The first-order valence-corrected chi connectivity index (χ1v) is 6.83. The van der Waals surface area contributed by atoms with Crippen LogP contribution in [0.1, 0.15) is 17.3 Å². The van der Waals surface area contributed by atoms with Gasteiger partial charge in [0.2, 0.25) is 0 Å². The number of hydrogen-bond acceptors (Lipinski definition) is 3. The van der Waals surface area contributed by atoms with Crippen LogP contribution in [0.2, 0.25) is 0 Å². The maximum absolute atomic E-state index is 13.3. The van der Waals surface area contributed by atoms with E-state index >= 15 is 0 Å². The molecule has 3 N–H and O–H groups in total. The van der Waals surface area contributed by atoms with Gasteiger partial charge in [0.05, 0.1) is 11.7 Å². The molecule has 1 aromatic heterocycles. The number of rotatable bonds is 3. The number of nitrogens with one attached hydrogen (secondary N) is 1. The second-order valence-corrected chi connectivity index (χ2v) is 5.56. The lowest BCUT2D eigenvalue weighted by atomic mass is 10.0. The van der Waals surface area contributed by atoms with E-state index < -0.39 is 17.7 Å². The van der Waals surface area contributed by atoms with Crippen LogP contribution in [-0.4, -0.2) is 4.98 Å². The molecule has 0 saturated carbocycles. The Hall–Kier alpha value is -0.890. The summed E-state index contributed by atoms with van der Waals surface area (Å²) in [5.41, 5.74) is 3.61. The van der Waals surface area contributed by atoms with Gasteiger partial charge in [-0.3, -0.25) is 10.8 Å². The summed E-state index contributed by atoms with van der Waals surface area (Å²) in [4.78, 5) is 4.23. The van der Waals surface area contributed by atoms with Crippen molar-refractivity contribution in [1.82, 2.24) is 10.4 Å². The Morgan fingerprint density at radius 2 is 1.89 bits per heavy atom. The standard InChI is InChI=1S/C12H9Br2F2N3/c13-7-4-8(14)12(18-5-7)11(19-17)6-1-2-9(15)10(16)3-6/h1-5,11,19H,17H2. The molecule has 0 saturated heterocycles. The first-order valence-electron chi connectivity index (χ1n) is 5.25. The molecule has 0 amide bonds. The van der Waals surface area contributed by atoms with Crippen molar-refractivity contribution >= 4 is 31.9 Å². The molecule has 7 heteroatoms. The maximum atomic E-state index is 13.3. The minimum Gasteiger partial charge on any atom is -0.271 e. The Labute approximate surface area is 125 Å². The molecule has 0 spiro atoms. The fraction of sp³-hybridized carbons (Fsp3) is 0.0833. The van der Waals surface area contributed by atoms with Gasteiger partial charge >= 0.3 is 0 Å². The normalized spacial score (nSPS) is 12.5. The monoisotopic (exact) mass is 391 g/mol. The second-order valence-electron chi connectivity index (χ2n) is 3.79. The third-order valence-corrected chi connectivity index (χ3v) is 3.62. The molecule has 1 aromatic carbocycles. The van der Waals surface area contributed by atoms with E-state index in [9.17, 15) is 8.78 Å². The number of benzene rings is 1. The number of aromatic nitrogens is 1. The van der Waals surface area contributed by atoms with E-state index in [4.69, 9.17) is 5.84 Å². The summed E-state index contributed by atoms with van der Waals surface area (Å²) < 4.78 is 27.7. The van der Waals surface area contributed by atoms with Crippen molar-refractivity contribution in [3.8, 4) is 0 Å². The quantitative estimate of drug-likeness (QED) is 0.621. The van der Waals surface area contributed by atoms with Gasteiger partial charge in [0, 0.05) is 15.1 Å². The summed E-state index contributed by atoms with van der Waals surface area (Å²) in [5.74, 6) is 3.67. The first kappa shape index (κ1) is 14.5. The molecular formula is C12H9Br2F2N3. The Balaban J connectivity index is 2.46. The fourth-order valence-corrected chi connectivity index (χ4v) is 2.88. The van der Waals surface area contributed by atoms with Crippen LogP contribution in [0.4, 0.5) is 8.78 Å². The summed E-state index contributed by atoms with van der Waals surface area (Å²) >= 11 is 6.65. The van der Waals surface area contributed by atoms with E-state index in [0.717, 1.165) is 16.6 Å². The van der Waals surface area contributed by atoms with Gasteiger partial charge in [0.25, 0.3) is 0 Å². The third-order valence-electron chi connectivity index (χ3n) is 2.55. The summed E-state index contributed by atoms with van der Waals surface area (Å²) in [5, 5.41) is 0. The van der Waals surface area contributed by atoms with Gasteiger partial charge in [-0.25, -0.2) is 14.2 Å². The predicted octanol–water partition coefficient (Wildman–Crippen LogP) is 3.44. The molecule has 0 fully saturated rings. The Morgan fingerprint density at radius 1 is 1.16 bits per heavy atom. The molecule has 1 heterocycles. The van der Waals surface area contributed by atoms with E-state index in [0.29, 0.717) is 15.7 Å². The molecular weight excluding hydrogens is 384 g/mol. The van der Waals surface area contributed by atoms with Crippen LogP contribution in [0, 0.1) is 11.6 Å². The van der Waals surface area contributed by atoms with E-state index in [1.165, 1.54) is 6.07 Å². The van der Waals surface area contributed by atoms with Crippen LogP contribution in [0.3, 0.4) is 0 Å². The Kier molecular flexibility index (Phi) is 4.62. The number of nitrogens with zero attached hydrogens (tertiary/aromatic N) is 1. The third kappa shape index (κ3) is 3.17. The predicted molar refractivity (Wildman–Crippen MR) is 75.2 cm³/mol. The molecule has 3 nitrogen and oxygen atoms in total. The van der Waals surface area contributed by atoms with E-state index in [1.807, 2.05) is 0 Å².